The second-order valence-electron chi connectivity index (χ2n) is 5.71. The van der Waals surface area contributed by atoms with Crippen LogP contribution in [0.1, 0.15) is 20.4 Å². The van der Waals surface area contributed by atoms with Gasteiger partial charge in [0.05, 0.1) is 0 Å². The minimum atomic E-state index is -0.479. The van der Waals surface area contributed by atoms with Crippen molar-refractivity contribution < 1.29 is 71.6 Å². The molecule has 0 saturated carbocycles. The largest absolute Gasteiger partial charge is 1.00 e. The zero-order valence-electron chi connectivity index (χ0n) is 19.0. The molecule has 0 fully saturated rings. The van der Waals surface area contributed by atoms with E-state index in [1.807, 2.05) is 60.7 Å². The number of thiocarbonyl (C=S) groups is 2. The maximum atomic E-state index is 12.1. The molecule has 0 aromatic heterocycles. The summed E-state index contributed by atoms with van der Waals surface area (Å²) < 4.78 is 0. The number of carbonyl (C=O) groups is 2. The van der Waals surface area contributed by atoms with Gasteiger partial charge in [0.2, 0.25) is 11.8 Å². The van der Waals surface area contributed by atoms with Crippen LogP contribution in [0.2, 0.25) is 0 Å². The number of nitrogens with zero attached hydrogens (tertiary/aromatic N) is 2. The van der Waals surface area contributed by atoms with Gasteiger partial charge >= 0.3 is 59.1 Å². The Hall–Kier alpha value is -0.840. The van der Waals surface area contributed by atoms with Crippen LogP contribution in [0.3, 0.4) is 0 Å². The third kappa shape index (κ3) is 9.23. The van der Waals surface area contributed by atoms with Gasteiger partial charge in [0, 0.05) is 25.2 Å². The molecule has 0 aliphatic carbocycles. The van der Waals surface area contributed by atoms with Gasteiger partial charge in [-0.2, -0.15) is 0 Å². The minimum absolute atomic E-state index is 0. The van der Waals surface area contributed by atoms with Crippen LogP contribution in [-0.2, 0) is 9.59 Å². The van der Waals surface area contributed by atoms with Crippen molar-refractivity contribution in [1.82, 2.24) is 20.9 Å². The van der Waals surface area contributed by atoms with Gasteiger partial charge in [0.25, 0.3) is 0 Å². The fourth-order valence-electron chi connectivity index (χ4n) is 2.25. The molecule has 2 amide bonds. The SMILES string of the molecule is CN(NC(=O)CC(=O)NN(C)C(=S)c1ccccc1)C(=S)c1ccccc1.[H-].[H-].[Na+].[Na+]. The van der Waals surface area contributed by atoms with E-state index in [2.05, 4.69) is 10.9 Å². The first-order valence-electron chi connectivity index (χ1n) is 8.13. The van der Waals surface area contributed by atoms with E-state index in [0.717, 1.165) is 11.1 Å². The second-order valence-corrected chi connectivity index (χ2v) is 6.48. The summed E-state index contributed by atoms with van der Waals surface area (Å²) in [5.74, 6) is -0.959. The van der Waals surface area contributed by atoms with Gasteiger partial charge in [-0.1, -0.05) is 85.1 Å². The topological polar surface area (TPSA) is 64.7 Å². The van der Waals surface area contributed by atoms with Gasteiger partial charge in [-0.3, -0.25) is 30.5 Å². The summed E-state index contributed by atoms with van der Waals surface area (Å²) in [5.41, 5.74) is 6.77. The predicted molar refractivity (Wildman–Crippen MR) is 115 cm³/mol. The first kappa shape index (κ1) is 28.2. The molecule has 0 aliphatic rings. The molecule has 2 rings (SSSR count). The number of nitrogens with one attached hydrogen (secondary N) is 2. The molecule has 0 saturated heterocycles. The van der Waals surface area contributed by atoms with Crippen LogP contribution < -0.4 is 70.0 Å². The fourth-order valence-corrected chi connectivity index (χ4v) is 2.61. The Kier molecular flexibility index (Phi) is 13.8. The third-order valence-electron chi connectivity index (χ3n) is 3.56. The maximum Gasteiger partial charge on any atom is 1.00 e. The van der Waals surface area contributed by atoms with Crippen molar-refractivity contribution >= 4 is 46.2 Å². The minimum Gasteiger partial charge on any atom is -1.00 e. The summed E-state index contributed by atoms with van der Waals surface area (Å²) in [5, 5.41) is 2.83. The van der Waals surface area contributed by atoms with Gasteiger partial charge in [-0.05, 0) is 0 Å². The van der Waals surface area contributed by atoms with E-state index in [-0.39, 0.29) is 68.4 Å². The molecule has 6 nitrogen and oxygen atoms in total. The molecule has 2 aromatic carbocycles. The number of benzene rings is 2. The summed E-state index contributed by atoms with van der Waals surface area (Å²) >= 11 is 10.6. The molecule has 0 atom stereocenters. The van der Waals surface area contributed by atoms with Gasteiger partial charge in [0.15, 0.2) is 0 Å². The second kappa shape index (κ2) is 14.2. The molecule has 0 unspecified atom stereocenters. The Balaban J connectivity index is -0.00000196. The summed E-state index contributed by atoms with van der Waals surface area (Å²) in [7, 11) is 3.25. The normalized spacial score (nSPS) is 9.17. The number of rotatable bonds is 4. The smallest absolute Gasteiger partial charge is 1.00 e. The Morgan fingerprint density at radius 1 is 0.759 bits per heavy atom. The Morgan fingerprint density at radius 2 is 1.07 bits per heavy atom. The van der Waals surface area contributed by atoms with Crippen molar-refractivity contribution in [2.24, 2.45) is 0 Å². The van der Waals surface area contributed by atoms with E-state index in [1.54, 1.807) is 14.1 Å². The van der Waals surface area contributed by atoms with Crippen LogP contribution in [0.15, 0.2) is 60.7 Å². The number of carbonyl (C=O) groups excluding carboxylic acids is 2. The summed E-state index contributed by atoms with van der Waals surface area (Å²) in [6.07, 6.45) is -0.358. The molecule has 2 aromatic rings. The van der Waals surface area contributed by atoms with Crippen molar-refractivity contribution in [3.63, 3.8) is 0 Å². The van der Waals surface area contributed by atoms with Crippen molar-refractivity contribution in [3.05, 3.63) is 71.8 Å². The molecule has 10 heteroatoms. The monoisotopic (exact) mass is 448 g/mol. The standard InChI is InChI=1S/C19H20N4O2S2.2Na.2H/c1-22(18(26)14-9-5-3-6-10-14)20-16(24)13-17(25)21-23(2)19(27)15-11-7-4-8-12-15;;;;/h3-12H,13H2,1-2H3,(H,20,24)(H,21,25);;;;/q;2*+1;2*-1. The maximum absolute atomic E-state index is 12.1. The zero-order valence-corrected chi connectivity index (χ0v) is 22.6. The molecule has 29 heavy (non-hydrogen) atoms. The van der Waals surface area contributed by atoms with Gasteiger partial charge in [0.1, 0.15) is 16.4 Å². The third-order valence-corrected chi connectivity index (χ3v) is 4.58. The van der Waals surface area contributed by atoms with E-state index in [1.165, 1.54) is 10.0 Å². The molecule has 144 valence electrons. The first-order chi connectivity index (χ1) is 12.9. The van der Waals surface area contributed by atoms with Crippen LogP contribution >= 0.6 is 24.4 Å². The molecule has 0 aliphatic heterocycles. The average molecular weight is 449 g/mol. The van der Waals surface area contributed by atoms with Crippen LogP contribution in [0.25, 0.3) is 0 Å². The molecule has 0 radical (unpaired) electrons. The number of hydrogen-bond acceptors (Lipinski definition) is 4. The van der Waals surface area contributed by atoms with E-state index in [4.69, 9.17) is 24.4 Å². The van der Waals surface area contributed by atoms with Crippen molar-refractivity contribution in [1.29, 1.82) is 0 Å². The molecular weight excluding hydrogens is 426 g/mol. The summed E-state index contributed by atoms with van der Waals surface area (Å²) in [6.45, 7) is 0. The molecule has 2 N–H and O–H groups in total. The summed E-state index contributed by atoms with van der Waals surface area (Å²) in [6, 6.07) is 18.6. The number of hydrazine groups is 2. The average Bonchev–Trinajstić information content (AvgIpc) is 2.67. The molecule has 0 spiro atoms. The van der Waals surface area contributed by atoms with Crippen LogP contribution in [0.5, 0.6) is 0 Å². The van der Waals surface area contributed by atoms with Gasteiger partial charge in [-0.25, -0.2) is 0 Å². The molecule has 0 heterocycles. The fraction of sp³-hybridized carbons (Fsp3) is 0.158. The summed E-state index contributed by atoms with van der Waals surface area (Å²) in [4.78, 5) is 25.1. The Bertz CT molecular complexity index is 780. The number of amides is 2. The number of hydrogen-bond donors (Lipinski definition) is 2. The van der Waals surface area contributed by atoms with Gasteiger partial charge in [-0.15, -0.1) is 0 Å². The van der Waals surface area contributed by atoms with Crippen molar-refractivity contribution in [3.8, 4) is 0 Å². The van der Waals surface area contributed by atoms with Crippen molar-refractivity contribution in [2.45, 2.75) is 6.42 Å². The quantitative estimate of drug-likeness (QED) is 0.217. The van der Waals surface area contributed by atoms with Gasteiger partial charge < -0.3 is 2.85 Å². The van der Waals surface area contributed by atoms with E-state index in [9.17, 15) is 9.59 Å². The van der Waals surface area contributed by atoms with Crippen LogP contribution in [0.4, 0.5) is 0 Å². The van der Waals surface area contributed by atoms with E-state index >= 15 is 0 Å². The van der Waals surface area contributed by atoms with E-state index in [0.29, 0.717) is 9.98 Å². The predicted octanol–water partition coefficient (Wildman–Crippen LogP) is -3.71. The zero-order chi connectivity index (χ0) is 19.8. The Labute approximate surface area is 228 Å². The van der Waals surface area contributed by atoms with Crippen molar-refractivity contribution in [2.75, 3.05) is 14.1 Å². The van der Waals surface area contributed by atoms with Crippen LogP contribution in [0, 0.1) is 0 Å². The van der Waals surface area contributed by atoms with Crippen LogP contribution in [-0.4, -0.2) is 45.9 Å². The molecule has 0 bridgehead atoms. The molecular formula is C19H22N4Na2O2S2. The first-order valence-corrected chi connectivity index (χ1v) is 8.95. The Morgan fingerprint density at radius 3 is 1.38 bits per heavy atom. The van der Waals surface area contributed by atoms with E-state index < -0.39 is 11.8 Å².